The molecular formula is C12H9Br3FN3O. The van der Waals surface area contributed by atoms with Crippen LogP contribution in [0.1, 0.15) is 17.4 Å². The zero-order chi connectivity index (χ0) is 14.9. The molecule has 0 unspecified atom stereocenters. The Bertz CT molecular complexity index is 649. The highest BCUT2D eigenvalue weighted by Crippen LogP contribution is 2.32. The summed E-state index contributed by atoms with van der Waals surface area (Å²) in [4.78, 5) is 12.3. The summed E-state index contributed by atoms with van der Waals surface area (Å²) < 4.78 is 16.3. The molecule has 4 nitrogen and oxygen atoms in total. The second-order valence-electron chi connectivity index (χ2n) is 3.86. The second kappa shape index (κ2) is 6.36. The minimum atomic E-state index is -0.401. The fourth-order valence-electron chi connectivity index (χ4n) is 1.66. The van der Waals surface area contributed by atoms with Crippen molar-refractivity contribution in [3.05, 3.63) is 43.3 Å². The van der Waals surface area contributed by atoms with Crippen LogP contribution in [-0.4, -0.2) is 15.7 Å². The third-order valence-electron chi connectivity index (χ3n) is 2.55. The molecule has 2 aromatic rings. The molecular weight excluding hydrogens is 461 g/mol. The molecule has 1 heterocycles. The van der Waals surface area contributed by atoms with E-state index in [0.29, 0.717) is 31.3 Å². The van der Waals surface area contributed by atoms with Gasteiger partial charge in [-0.2, -0.15) is 5.10 Å². The molecule has 0 atom stereocenters. The number of hydrogen-bond donors (Lipinski definition) is 1. The van der Waals surface area contributed by atoms with Crippen LogP contribution >= 0.6 is 47.8 Å². The highest BCUT2D eigenvalue weighted by molar-refractivity contribution is 9.11. The topological polar surface area (TPSA) is 46.9 Å². The monoisotopic (exact) mass is 467 g/mol. The van der Waals surface area contributed by atoms with Crippen molar-refractivity contribution in [2.24, 2.45) is 0 Å². The molecule has 0 saturated heterocycles. The van der Waals surface area contributed by atoms with Crippen molar-refractivity contribution in [3.8, 4) is 0 Å². The van der Waals surface area contributed by atoms with Crippen LogP contribution in [0.2, 0.25) is 0 Å². The second-order valence-corrected chi connectivity index (χ2v) is 6.42. The summed E-state index contributed by atoms with van der Waals surface area (Å²) in [5.74, 6) is -0.731. The van der Waals surface area contributed by atoms with Gasteiger partial charge >= 0.3 is 0 Å². The van der Waals surface area contributed by atoms with Gasteiger partial charge in [-0.1, -0.05) is 0 Å². The zero-order valence-electron chi connectivity index (χ0n) is 10.3. The zero-order valence-corrected chi connectivity index (χ0v) is 15.0. The number of amides is 1. The predicted molar refractivity (Wildman–Crippen MR) is 85.4 cm³/mol. The van der Waals surface area contributed by atoms with Gasteiger partial charge in [-0.3, -0.25) is 9.48 Å². The highest BCUT2D eigenvalue weighted by atomic mass is 79.9. The van der Waals surface area contributed by atoms with E-state index in [1.54, 1.807) is 10.9 Å². The third kappa shape index (κ3) is 3.12. The van der Waals surface area contributed by atoms with Gasteiger partial charge in [0.2, 0.25) is 0 Å². The summed E-state index contributed by atoms with van der Waals surface area (Å²) in [6.07, 6.45) is 1.56. The summed E-state index contributed by atoms with van der Waals surface area (Å²) >= 11 is 9.74. The molecule has 0 fully saturated rings. The smallest absolute Gasteiger partial charge is 0.275 e. The maximum atomic E-state index is 13.2. The van der Waals surface area contributed by atoms with Gasteiger partial charge in [-0.25, -0.2) is 4.39 Å². The van der Waals surface area contributed by atoms with Crippen LogP contribution in [0.5, 0.6) is 0 Å². The molecule has 0 bridgehead atoms. The molecule has 1 aromatic heterocycles. The molecule has 0 aliphatic carbocycles. The molecule has 1 N–H and O–H groups in total. The number of halogens is 4. The summed E-state index contributed by atoms with van der Waals surface area (Å²) in [5, 5.41) is 6.81. The molecule has 0 aliphatic heterocycles. The quantitative estimate of drug-likeness (QED) is 0.715. The molecule has 20 heavy (non-hydrogen) atoms. The Morgan fingerprint density at radius 1 is 1.30 bits per heavy atom. The number of carbonyl (C=O) groups excluding carboxylic acids is 1. The van der Waals surface area contributed by atoms with E-state index in [1.165, 1.54) is 12.1 Å². The summed E-state index contributed by atoms with van der Waals surface area (Å²) in [7, 11) is 0. The van der Waals surface area contributed by atoms with Crippen LogP contribution < -0.4 is 5.32 Å². The lowest BCUT2D eigenvalue weighted by atomic mass is 10.3. The van der Waals surface area contributed by atoms with Gasteiger partial charge in [0, 0.05) is 15.5 Å². The number of carbonyl (C=O) groups is 1. The van der Waals surface area contributed by atoms with Crippen molar-refractivity contribution in [1.82, 2.24) is 9.78 Å². The van der Waals surface area contributed by atoms with Crippen molar-refractivity contribution in [2.75, 3.05) is 5.32 Å². The number of aromatic nitrogens is 2. The van der Waals surface area contributed by atoms with Gasteiger partial charge in [-0.05, 0) is 66.8 Å². The third-order valence-corrected chi connectivity index (χ3v) is 4.39. The van der Waals surface area contributed by atoms with E-state index >= 15 is 0 Å². The molecule has 106 valence electrons. The molecule has 0 saturated carbocycles. The first-order valence-electron chi connectivity index (χ1n) is 5.61. The minimum Gasteiger partial charge on any atom is -0.319 e. The standard InChI is InChI=1S/C12H9Br3FN3O/c1-2-19-11(9(15)5-17-19)12(20)18-10-7(13)3-6(16)4-8(10)14/h3-5H,2H2,1H3,(H,18,20). The van der Waals surface area contributed by atoms with E-state index in [4.69, 9.17) is 0 Å². The minimum absolute atomic E-state index is 0.329. The Morgan fingerprint density at radius 3 is 2.45 bits per heavy atom. The lowest BCUT2D eigenvalue weighted by Crippen LogP contribution is -2.18. The van der Waals surface area contributed by atoms with Crippen molar-refractivity contribution in [3.63, 3.8) is 0 Å². The van der Waals surface area contributed by atoms with E-state index < -0.39 is 5.82 Å². The lowest BCUT2D eigenvalue weighted by Gasteiger charge is -2.11. The Balaban J connectivity index is 2.35. The summed E-state index contributed by atoms with van der Waals surface area (Å²) in [5.41, 5.74) is 0.878. The number of nitrogens with zero attached hydrogens (tertiary/aromatic N) is 2. The van der Waals surface area contributed by atoms with E-state index in [9.17, 15) is 9.18 Å². The molecule has 1 aromatic carbocycles. The van der Waals surface area contributed by atoms with Gasteiger partial charge in [0.05, 0.1) is 16.4 Å². The number of hydrogen-bond acceptors (Lipinski definition) is 2. The number of benzene rings is 1. The molecule has 0 aliphatic rings. The van der Waals surface area contributed by atoms with Crippen LogP contribution in [0.15, 0.2) is 31.7 Å². The van der Waals surface area contributed by atoms with Crippen molar-refractivity contribution in [2.45, 2.75) is 13.5 Å². The lowest BCUT2D eigenvalue weighted by molar-refractivity contribution is 0.101. The van der Waals surface area contributed by atoms with Gasteiger partial charge in [0.15, 0.2) is 0 Å². The van der Waals surface area contributed by atoms with Crippen molar-refractivity contribution in [1.29, 1.82) is 0 Å². The SMILES string of the molecule is CCn1ncc(Br)c1C(=O)Nc1c(Br)cc(F)cc1Br. The molecule has 0 radical (unpaired) electrons. The number of rotatable bonds is 3. The first-order chi connectivity index (χ1) is 9.43. The maximum absolute atomic E-state index is 13.2. The summed E-state index contributed by atoms with van der Waals surface area (Å²) in [6.45, 7) is 2.46. The largest absolute Gasteiger partial charge is 0.319 e. The van der Waals surface area contributed by atoms with Crippen molar-refractivity contribution < 1.29 is 9.18 Å². The number of aryl methyl sites for hydroxylation is 1. The highest BCUT2D eigenvalue weighted by Gasteiger charge is 2.19. The Kier molecular flexibility index (Phi) is 4.98. The van der Waals surface area contributed by atoms with E-state index in [2.05, 4.69) is 58.2 Å². The Morgan fingerprint density at radius 2 is 1.90 bits per heavy atom. The molecule has 8 heteroatoms. The fourth-order valence-corrected chi connectivity index (χ4v) is 3.47. The van der Waals surface area contributed by atoms with Gasteiger partial charge < -0.3 is 5.32 Å². The van der Waals surface area contributed by atoms with E-state index in [1.807, 2.05) is 6.92 Å². The predicted octanol–water partition coefficient (Wildman–Crippen LogP) is 4.58. The summed E-state index contributed by atoms with van der Waals surface area (Å²) in [6, 6.07) is 2.57. The fraction of sp³-hybridized carbons (Fsp3) is 0.167. The maximum Gasteiger partial charge on any atom is 0.275 e. The average Bonchev–Trinajstić information content (AvgIpc) is 2.74. The number of anilines is 1. The van der Waals surface area contributed by atoms with Gasteiger partial charge in [0.25, 0.3) is 5.91 Å². The Hall–Kier alpha value is -0.730. The van der Waals surface area contributed by atoms with Crippen LogP contribution in [0.25, 0.3) is 0 Å². The van der Waals surface area contributed by atoms with Crippen LogP contribution in [0, 0.1) is 5.82 Å². The Labute approximate surface area is 140 Å². The first kappa shape index (κ1) is 15.7. The van der Waals surface area contributed by atoms with E-state index in [-0.39, 0.29) is 5.91 Å². The normalized spacial score (nSPS) is 10.7. The average molecular weight is 470 g/mol. The van der Waals surface area contributed by atoms with Crippen LogP contribution in [0.4, 0.5) is 10.1 Å². The number of nitrogens with one attached hydrogen (secondary N) is 1. The molecule has 2 rings (SSSR count). The molecule has 0 spiro atoms. The first-order valence-corrected chi connectivity index (χ1v) is 7.99. The van der Waals surface area contributed by atoms with Crippen LogP contribution in [-0.2, 0) is 6.54 Å². The van der Waals surface area contributed by atoms with Crippen molar-refractivity contribution >= 4 is 59.4 Å². The molecule has 1 amide bonds. The van der Waals surface area contributed by atoms with Crippen LogP contribution in [0.3, 0.4) is 0 Å². The van der Waals surface area contributed by atoms with Gasteiger partial charge in [0.1, 0.15) is 11.5 Å². The van der Waals surface area contributed by atoms with Gasteiger partial charge in [-0.15, -0.1) is 0 Å². The van der Waals surface area contributed by atoms with E-state index in [0.717, 1.165) is 0 Å².